The second-order valence-corrected chi connectivity index (χ2v) is 6.18. The number of sulfone groups is 1. The second kappa shape index (κ2) is 3.33. The molecule has 0 atom stereocenters. The number of benzene rings is 1. The van der Waals surface area contributed by atoms with E-state index < -0.39 is 9.84 Å². The second-order valence-electron chi connectivity index (χ2n) is 3.19. The Morgan fingerprint density at radius 1 is 1.43 bits per heavy atom. The van der Waals surface area contributed by atoms with Crippen LogP contribution in [0.4, 0.5) is 0 Å². The largest absolute Gasteiger partial charge is 0.245 e. The fourth-order valence-corrected chi connectivity index (χ4v) is 3.04. The van der Waals surface area contributed by atoms with E-state index in [4.69, 9.17) is 0 Å². The minimum Gasteiger partial charge on any atom is -0.245 e. The van der Waals surface area contributed by atoms with Crippen molar-refractivity contribution in [3.05, 3.63) is 29.3 Å². The van der Waals surface area contributed by atoms with Gasteiger partial charge in [0.1, 0.15) is 0 Å². The van der Waals surface area contributed by atoms with Gasteiger partial charge in [0, 0.05) is 6.26 Å². The maximum absolute atomic E-state index is 11.2. The van der Waals surface area contributed by atoms with E-state index in [-0.39, 0.29) is 5.75 Å². The zero-order valence-corrected chi connectivity index (χ0v) is 9.23. The smallest absolute Gasteiger partial charge is 0.151 e. The Bertz CT molecular complexity index is 557. The number of thiazole rings is 1. The first-order valence-corrected chi connectivity index (χ1v) is 6.99. The Morgan fingerprint density at radius 3 is 2.93 bits per heavy atom. The van der Waals surface area contributed by atoms with Crippen LogP contribution >= 0.6 is 11.3 Å². The quantitative estimate of drug-likeness (QED) is 0.786. The lowest BCUT2D eigenvalue weighted by Gasteiger charge is -1.99. The van der Waals surface area contributed by atoms with E-state index in [0.29, 0.717) is 0 Å². The molecule has 2 aromatic rings. The average Bonchev–Trinajstić information content (AvgIpc) is 2.49. The molecule has 1 aromatic carbocycles. The maximum atomic E-state index is 11.2. The van der Waals surface area contributed by atoms with Crippen molar-refractivity contribution in [1.82, 2.24) is 4.98 Å². The SMILES string of the molecule is CS(=O)(=O)Cc1cccc2ncsc12. The Balaban J connectivity index is 2.57. The van der Waals surface area contributed by atoms with Crippen LogP contribution < -0.4 is 0 Å². The summed E-state index contributed by atoms with van der Waals surface area (Å²) in [6.45, 7) is 0. The van der Waals surface area contributed by atoms with E-state index in [1.165, 1.54) is 17.6 Å². The van der Waals surface area contributed by atoms with Crippen LogP contribution in [-0.4, -0.2) is 19.7 Å². The lowest BCUT2D eigenvalue weighted by atomic mass is 10.2. The van der Waals surface area contributed by atoms with Crippen molar-refractivity contribution in [3.63, 3.8) is 0 Å². The van der Waals surface area contributed by atoms with Gasteiger partial charge in [0.15, 0.2) is 9.84 Å². The van der Waals surface area contributed by atoms with Crippen LogP contribution in [0.15, 0.2) is 23.7 Å². The molecule has 3 nitrogen and oxygen atoms in total. The summed E-state index contributed by atoms with van der Waals surface area (Å²) in [5.41, 5.74) is 3.44. The van der Waals surface area contributed by atoms with Gasteiger partial charge >= 0.3 is 0 Å². The van der Waals surface area contributed by atoms with Gasteiger partial charge in [-0.25, -0.2) is 13.4 Å². The lowest BCUT2D eigenvalue weighted by Crippen LogP contribution is -2.00. The molecule has 0 bridgehead atoms. The van der Waals surface area contributed by atoms with Gasteiger partial charge in [-0.1, -0.05) is 12.1 Å². The number of aromatic nitrogens is 1. The molecule has 5 heteroatoms. The molecule has 0 aliphatic carbocycles. The summed E-state index contributed by atoms with van der Waals surface area (Å²) in [5, 5.41) is 0. The Labute approximate surface area is 86.3 Å². The number of nitrogens with zero attached hydrogens (tertiary/aromatic N) is 1. The zero-order valence-electron chi connectivity index (χ0n) is 7.60. The van der Waals surface area contributed by atoms with Crippen molar-refractivity contribution >= 4 is 31.4 Å². The standard InChI is InChI=1S/C9H9NO2S2/c1-14(11,12)5-7-3-2-4-8-9(7)13-6-10-8/h2-4,6H,5H2,1H3. The van der Waals surface area contributed by atoms with E-state index in [9.17, 15) is 8.42 Å². The van der Waals surface area contributed by atoms with Gasteiger partial charge in [-0.3, -0.25) is 0 Å². The van der Waals surface area contributed by atoms with Crippen LogP contribution in [0.3, 0.4) is 0 Å². The molecule has 0 spiro atoms. The maximum Gasteiger partial charge on any atom is 0.151 e. The van der Waals surface area contributed by atoms with Crippen molar-refractivity contribution in [1.29, 1.82) is 0 Å². The molecule has 14 heavy (non-hydrogen) atoms. The van der Waals surface area contributed by atoms with E-state index in [1.54, 1.807) is 5.51 Å². The van der Waals surface area contributed by atoms with Gasteiger partial charge in [-0.15, -0.1) is 11.3 Å². The highest BCUT2D eigenvalue weighted by Crippen LogP contribution is 2.23. The average molecular weight is 227 g/mol. The Morgan fingerprint density at radius 2 is 2.21 bits per heavy atom. The first kappa shape index (κ1) is 9.61. The fraction of sp³-hybridized carbons (Fsp3) is 0.222. The molecular formula is C9H9NO2S2. The number of rotatable bonds is 2. The molecule has 2 rings (SSSR count). The molecule has 0 aliphatic heterocycles. The van der Waals surface area contributed by atoms with Crippen molar-refractivity contribution in [2.45, 2.75) is 5.75 Å². The molecule has 0 unspecified atom stereocenters. The van der Waals surface area contributed by atoms with Gasteiger partial charge in [0.25, 0.3) is 0 Å². The lowest BCUT2D eigenvalue weighted by molar-refractivity contribution is 0.601. The first-order chi connectivity index (χ1) is 6.56. The number of fused-ring (bicyclic) bond motifs is 1. The fourth-order valence-electron chi connectivity index (χ4n) is 1.34. The van der Waals surface area contributed by atoms with E-state index in [0.717, 1.165) is 15.8 Å². The molecule has 0 radical (unpaired) electrons. The van der Waals surface area contributed by atoms with Gasteiger partial charge in [0.05, 0.1) is 21.5 Å². The van der Waals surface area contributed by atoms with Gasteiger partial charge in [-0.2, -0.15) is 0 Å². The molecule has 0 N–H and O–H groups in total. The summed E-state index contributed by atoms with van der Waals surface area (Å²) in [6.07, 6.45) is 1.24. The third-order valence-corrected chi connectivity index (χ3v) is 3.61. The molecule has 0 saturated carbocycles. The third kappa shape index (κ3) is 1.93. The summed E-state index contributed by atoms with van der Waals surface area (Å²) in [7, 11) is -2.97. The summed E-state index contributed by atoms with van der Waals surface area (Å²) in [4.78, 5) is 4.13. The van der Waals surface area contributed by atoms with Crippen LogP contribution in [-0.2, 0) is 15.6 Å². The topological polar surface area (TPSA) is 47.0 Å². The summed E-state index contributed by atoms with van der Waals surface area (Å²) >= 11 is 1.48. The molecule has 0 fully saturated rings. The number of hydrogen-bond acceptors (Lipinski definition) is 4. The van der Waals surface area contributed by atoms with E-state index in [1.807, 2.05) is 18.2 Å². The van der Waals surface area contributed by atoms with Crippen LogP contribution in [0.1, 0.15) is 5.56 Å². The molecular weight excluding hydrogens is 218 g/mol. The predicted molar refractivity (Wildman–Crippen MR) is 58.2 cm³/mol. The highest BCUT2D eigenvalue weighted by Gasteiger charge is 2.09. The predicted octanol–water partition coefficient (Wildman–Crippen LogP) is 1.84. The molecule has 0 amide bonds. The van der Waals surface area contributed by atoms with E-state index >= 15 is 0 Å². The van der Waals surface area contributed by atoms with Crippen LogP contribution in [0.5, 0.6) is 0 Å². The molecule has 0 aliphatic rings. The highest BCUT2D eigenvalue weighted by molar-refractivity contribution is 7.89. The van der Waals surface area contributed by atoms with E-state index in [2.05, 4.69) is 4.98 Å². The Kier molecular flexibility index (Phi) is 2.28. The normalized spacial score (nSPS) is 12.1. The molecule has 74 valence electrons. The summed E-state index contributed by atoms with van der Waals surface area (Å²) in [6, 6.07) is 5.56. The van der Waals surface area contributed by atoms with Crippen molar-refractivity contribution in [3.8, 4) is 0 Å². The van der Waals surface area contributed by atoms with Crippen molar-refractivity contribution in [2.24, 2.45) is 0 Å². The number of hydrogen-bond donors (Lipinski definition) is 0. The van der Waals surface area contributed by atoms with Gasteiger partial charge in [-0.05, 0) is 11.6 Å². The molecule has 0 saturated heterocycles. The minimum atomic E-state index is -2.97. The zero-order chi connectivity index (χ0) is 10.2. The summed E-state index contributed by atoms with van der Waals surface area (Å²) in [5.74, 6) is 0.0898. The highest BCUT2D eigenvalue weighted by atomic mass is 32.2. The van der Waals surface area contributed by atoms with Crippen molar-refractivity contribution in [2.75, 3.05) is 6.26 Å². The van der Waals surface area contributed by atoms with Crippen molar-refractivity contribution < 1.29 is 8.42 Å². The molecule has 1 aromatic heterocycles. The first-order valence-electron chi connectivity index (χ1n) is 4.05. The van der Waals surface area contributed by atoms with Crippen LogP contribution in [0.2, 0.25) is 0 Å². The monoisotopic (exact) mass is 227 g/mol. The van der Waals surface area contributed by atoms with Gasteiger partial charge < -0.3 is 0 Å². The third-order valence-electron chi connectivity index (χ3n) is 1.86. The minimum absolute atomic E-state index is 0.0898. The van der Waals surface area contributed by atoms with Crippen LogP contribution in [0, 0.1) is 0 Å². The summed E-state index contributed by atoms with van der Waals surface area (Å²) < 4.78 is 23.3. The Hall–Kier alpha value is -0.940. The van der Waals surface area contributed by atoms with Crippen LogP contribution in [0.25, 0.3) is 10.2 Å². The van der Waals surface area contributed by atoms with Gasteiger partial charge in [0.2, 0.25) is 0 Å². The molecule has 1 heterocycles.